The van der Waals surface area contributed by atoms with Crippen LogP contribution in [-0.2, 0) is 14.3 Å². The lowest BCUT2D eigenvalue weighted by Crippen LogP contribution is -2.56. The molecule has 1 aromatic rings. The molecule has 2 N–H and O–H groups in total. The van der Waals surface area contributed by atoms with Crippen molar-refractivity contribution in [3.8, 4) is 0 Å². The fourth-order valence-corrected chi connectivity index (χ4v) is 5.79. The number of hydrogen-bond acceptors (Lipinski definition) is 4. The summed E-state index contributed by atoms with van der Waals surface area (Å²) in [5.74, 6) is -0.0798. The minimum atomic E-state index is -0.576. The van der Waals surface area contributed by atoms with Crippen molar-refractivity contribution in [3.63, 3.8) is 0 Å². The highest BCUT2D eigenvalue weighted by molar-refractivity contribution is 6.30. The van der Waals surface area contributed by atoms with Crippen molar-refractivity contribution in [2.24, 2.45) is 17.3 Å². The lowest BCUT2D eigenvalue weighted by Gasteiger charge is -2.46. The molecule has 3 amide bonds. The molecule has 8 heteroatoms. The van der Waals surface area contributed by atoms with Gasteiger partial charge in [-0.1, -0.05) is 51.4 Å². The summed E-state index contributed by atoms with van der Waals surface area (Å²) in [6.45, 7) is 15.1. The Kier molecular flexibility index (Phi) is 9.20. The van der Waals surface area contributed by atoms with Crippen LogP contribution < -0.4 is 10.6 Å². The first-order chi connectivity index (χ1) is 17.2. The van der Waals surface area contributed by atoms with Crippen LogP contribution in [0.5, 0.6) is 0 Å². The van der Waals surface area contributed by atoms with Gasteiger partial charge in [0.05, 0.1) is 0 Å². The lowest BCUT2D eigenvalue weighted by molar-refractivity contribution is -0.141. The Labute approximate surface area is 227 Å². The van der Waals surface area contributed by atoms with Crippen LogP contribution in [0, 0.1) is 17.3 Å². The van der Waals surface area contributed by atoms with Crippen molar-refractivity contribution in [2.75, 3.05) is 13.1 Å². The first-order valence-electron chi connectivity index (χ1n) is 13.5. The number of piperidine rings is 1. The SMILES string of the molecule is CC(C)[C@@H](NC(=O)[C@H]1CC[C@@H](NC(=O)OC(C)(C)C)C1)C(=O)N1CCC(c2ccc(Cl)cc2)C(C)(C)C1. The maximum atomic E-state index is 13.6. The van der Waals surface area contributed by atoms with Crippen molar-refractivity contribution in [1.29, 1.82) is 0 Å². The molecule has 2 fully saturated rings. The minimum absolute atomic E-state index is 0.0209. The predicted octanol–water partition coefficient (Wildman–Crippen LogP) is 5.52. The van der Waals surface area contributed by atoms with Crippen LogP contribution in [0.2, 0.25) is 5.02 Å². The van der Waals surface area contributed by atoms with Crippen molar-refractivity contribution in [3.05, 3.63) is 34.9 Å². The highest BCUT2D eigenvalue weighted by atomic mass is 35.5. The number of rotatable bonds is 6. The number of likely N-dealkylation sites (tertiary alicyclic amines) is 1. The number of benzene rings is 1. The zero-order valence-electron chi connectivity index (χ0n) is 23.4. The molecular formula is C29H44ClN3O4. The molecule has 0 spiro atoms. The van der Waals surface area contributed by atoms with E-state index in [9.17, 15) is 14.4 Å². The molecular weight excluding hydrogens is 490 g/mol. The largest absolute Gasteiger partial charge is 0.444 e. The Balaban J connectivity index is 1.58. The number of carbonyl (C=O) groups excluding carboxylic acids is 3. The van der Waals surface area contributed by atoms with Gasteiger partial charge in [-0.3, -0.25) is 9.59 Å². The normalized spacial score (nSPS) is 24.5. The van der Waals surface area contributed by atoms with E-state index in [4.69, 9.17) is 16.3 Å². The van der Waals surface area contributed by atoms with E-state index in [2.05, 4.69) is 36.6 Å². The van der Waals surface area contributed by atoms with Crippen LogP contribution in [0.1, 0.15) is 85.6 Å². The summed E-state index contributed by atoms with van der Waals surface area (Å²) in [4.78, 5) is 40.8. The summed E-state index contributed by atoms with van der Waals surface area (Å²) in [5, 5.41) is 6.65. The van der Waals surface area contributed by atoms with E-state index in [1.807, 2.05) is 51.7 Å². The van der Waals surface area contributed by atoms with Gasteiger partial charge in [-0.05, 0) is 81.4 Å². The molecule has 3 rings (SSSR count). The van der Waals surface area contributed by atoms with E-state index in [1.54, 1.807) is 0 Å². The van der Waals surface area contributed by atoms with Crippen molar-refractivity contribution in [2.45, 2.75) is 97.8 Å². The second kappa shape index (κ2) is 11.6. The molecule has 1 saturated heterocycles. The number of nitrogens with one attached hydrogen (secondary N) is 2. The smallest absolute Gasteiger partial charge is 0.407 e. The first kappa shape index (κ1) is 29.3. The minimum Gasteiger partial charge on any atom is -0.444 e. The number of hydrogen-bond donors (Lipinski definition) is 2. The van der Waals surface area contributed by atoms with Gasteiger partial charge >= 0.3 is 6.09 Å². The highest BCUT2D eigenvalue weighted by Gasteiger charge is 2.41. The van der Waals surface area contributed by atoms with Gasteiger partial charge in [-0.2, -0.15) is 0 Å². The van der Waals surface area contributed by atoms with E-state index in [0.717, 1.165) is 11.4 Å². The van der Waals surface area contributed by atoms with Crippen molar-refractivity contribution >= 4 is 29.5 Å². The van der Waals surface area contributed by atoms with Crippen LogP contribution in [0.4, 0.5) is 4.79 Å². The summed E-state index contributed by atoms with van der Waals surface area (Å²) < 4.78 is 5.34. The Hall–Kier alpha value is -2.28. The van der Waals surface area contributed by atoms with E-state index >= 15 is 0 Å². The summed E-state index contributed by atoms with van der Waals surface area (Å²) in [6, 6.07) is 7.32. The molecule has 7 nitrogen and oxygen atoms in total. The summed E-state index contributed by atoms with van der Waals surface area (Å²) in [7, 11) is 0. The fourth-order valence-electron chi connectivity index (χ4n) is 5.66. The maximum absolute atomic E-state index is 13.6. The van der Waals surface area contributed by atoms with Crippen molar-refractivity contribution < 1.29 is 19.1 Å². The molecule has 1 unspecified atom stereocenters. The third-order valence-corrected chi connectivity index (χ3v) is 7.82. The van der Waals surface area contributed by atoms with Gasteiger partial charge in [0, 0.05) is 30.1 Å². The van der Waals surface area contributed by atoms with Gasteiger partial charge in [0.25, 0.3) is 0 Å². The molecule has 0 aromatic heterocycles. The summed E-state index contributed by atoms with van der Waals surface area (Å²) >= 11 is 6.08. The van der Waals surface area contributed by atoms with E-state index < -0.39 is 17.7 Å². The Morgan fingerprint density at radius 3 is 2.30 bits per heavy atom. The number of ether oxygens (including phenoxy) is 1. The topological polar surface area (TPSA) is 87.7 Å². The van der Waals surface area contributed by atoms with E-state index in [1.165, 1.54) is 5.56 Å². The zero-order chi connectivity index (χ0) is 27.5. The average molecular weight is 534 g/mol. The molecule has 37 heavy (non-hydrogen) atoms. The molecule has 4 atom stereocenters. The van der Waals surface area contributed by atoms with Crippen LogP contribution in [0.3, 0.4) is 0 Å². The van der Waals surface area contributed by atoms with Crippen LogP contribution in [0.25, 0.3) is 0 Å². The average Bonchev–Trinajstić information content (AvgIpc) is 3.24. The number of nitrogens with zero attached hydrogens (tertiary/aromatic N) is 1. The van der Waals surface area contributed by atoms with E-state index in [0.29, 0.717) is 38.3 Å². The van der Waals surface area contributed by atoms with Gasteiger partial charge < -0.3 is 20.3 Å². The molecule has 206 valence electrons. The third-order valence-electron chi connectivity index (χ3n) is 7.57. The van der Waals surface area contributed by atoms with Gasteiger partial charge in [0.1, 0.15) is 11.6 Å². The molecule has 1 aliphatic heterocycles. The number of amides is 3. The predicted molar refractivity (Wildman–Crippen MR) is 146 cm³/mol. The zero-order valence-corrected chi connectivity index (χ0v) is 24.2. The van der Waals surface area contributed by atoms with Crippen LogP contribution in [-0.4, -0.2) is 53.6 Å². The number of halogens is 1. The molecule has 1 heterocycles. The van der Waals surface area contributed by atoms with Gasteiger partial charge in [0.15, 0.2) is 0 Å². The highest BCUT2D eigenvalue weighted by Crippen LogP contribution is 2.42. The lowest BCUT2D eigenvalue weighted by atomic mass is 9.70. The van der Waals surface area contributed by atoms with Gasteiger partial charge in [-0.15, -0.1) is 0 Å². The summed E-state index contributed by atoms with van der Waals surface area (Å²) in [5.41, 5.74) is 0.563. The number of alkyl carbamates (subject to hydrolysis) is 1. The Morgan fingerprint density at radius 2 is 1.73 bits per heavy atom. The molecule has 1 aliphatic carbocycles. The Morgan fingerprint density at radius 1 is 1.08 bits per heavy atom. The Bertz CT molecular complexity index is 970. The first-order valence-corrected chi connectivity index (χ1v) is 13.9. The van der Waals surface area contributed by atoms with Gasteiger partial charge in [-0.25, -0.2) is 4.79 Å². The monoisotopic (exact) mass is 533 g/mol. The van der Waals surface area contributed by atoms with Crippen LogP contribution in [0.15, 0.2) is 24.3 Å². The number of carbonyl (C=O) groups is 3. The third kappa shape index (κ3) is 7.86. The molecule has 1 aromatic carbocycles. The van der Waals surface area contributed by atoms with Crippen LogP contribution >= 0.6 is 11.6 Å². The molecule has 0 bridgehead atoms. The second-order valence-electron chi connectivity index (χ2n) is 12.7. The molecule has 1 saturated carbocycles. The second-order valence-corrected chi connectivity index (χ2v) is 13.2. The summed E-state index contributed by atoms with van der Waals surface area (Å²) in [6.07, 6.45) is 2.33. The standard InChI is InChI=1S/C29H44ClN3O4/c1-18(2)24(32-25(34)20-10-13-22(16-20)31-27(36)37-28(3,4)5)26(35)33-15-14-23(29(6,7)17-33)19-8-11-21(30)12-9-19/h8-9,11-12,18,20,22-24H,10,13-17H2,1-7H3,(H,31,36)(H,32,34)/t20-,22+,23?,24+/m0/s1. The molecule has 2 aliphatic rings. The van der Waals surface area contributed by atoms with E-state index in [-0.39, 0.29) is 35.1 Å². The quantitative estimate of drug-likeness (QED) is 0.504. The van der Waals surface area contributed by atoms with Crippen molar-refractivity contribution in [1.82, 2.24) is 15.5 Å². The molecule has 0 radical (unpaired) electrons. The fraction of sp³-hybridized carbons (Fsp3) is 0.690. The van der Waals surface area contributed by atoms with Gasteiger partial charge in [0.2, 0.25) is 11.8 Å². The maximum Gasteiger partial charge on any atom is 0.407 e.